The van der Waals surface area contributed by atoms with E-state index >= 15 is 0 Å². The van der Waals surface area contributed by atoms with Gasteiger partial charge in [-0.1, -0.05) is 29.8 Å². The van der Waals surface area contributed by atoms with Crippen LogP contribution < -0.4 is 21.1 Å². The van der Waals surface area contributed by atoms with Gasteiger partial charge < -0.3 is 30.7 Å². The summed E-state index contributed by atoms with van der Waals surface area (Å²) in [5.41, 5.74) is 6.62. The van der Waals surface area contributed by atoms with E-state index in [0.717, 1.165) is 5.56 Å². The number of carbonyl (C=O) groups is 4. The third-order valence-electron chi connectivity index (χ3n) is 5.60. The molecule has 0 saturated carbocycles. The Kier molecular flexibility index (Phi) is 10.7. The van der Waals surface area contributed by atoms with Gasteiger partial charge in [-0.05, 0) is 70.9 Å². The topological polar surface area (TPSA) is 140 Å². The fourth-order valence-corrected chi connectivity index (χ4v) is 3.77. The zero-order valence-electron chi connectivity index (χ0n) is 22.9. The first-order chi connectivity index (χ1) is 17.8. The first-order valence-corrected chi connectivity index (χ1v) is 12.4. The predicted octanol–water partition coefficient (Wildman–Crippen LogP) is 3.69. The van der Waals surface area contributed by atoms with Crippen LogP contribution in [0.15, 0.2) is 48.5 Å². The lowest BCUT2D eigenvalue weighted by molar-refractivity contribution is -0.140. The van der Waals surface area contributed by atoms with Gasteiger partial charge in [0, 0.05) is 18.7 Å². The highest BCUT2D eigenvalue weighted by Crippen LogP contribution is 2.26. The molecule has 0 saturated heterocycles. The van der Waals surface area contributed by atoms with E-state index in [2.05, 4.69) is 10.6 Å². The number of aryl methyl sites for hydroxylation is 1. The molecule has 0 spiro atoms. The van der Waals surface area contributed by atoms with Crippen LogP contribution in [0.3, 0.4) is 0 Å². The largest absolute Gasteiger partial charge is 0.497 e. The fourth-order valence-electron chi connectivity index (χ4n) is 3.77. The minimum atomic E-state index is -1.14. The molecule has 38 heavy (non-hydrogen) atoms. The maximum atomic E-state index is 13.8. The van der Waals surface area contributed by atoms with Crippen LogP contribution >= 0.6 is 0 Å². The number of methoxy groups -OCH3 is 1. The van der Waals surface area contributed by atoms with E-state index in [1.807, 2.05) is 19.1 Å². The first kappa shape index (κ1) is 30.1. The van der Waals surface area contributed by atoms with Gasteiger partial charge in [-0.25, -0.2) is 4.79 Å². The number of alkyl carbamates (subject to hydrolysis) is 1. The molecule has 0 aromatic heterocycles. The zero-order chi connectivity index (χ0) is 28.5. The van der Waals surface area contributed by atoms with E-state index in [1.165, 1.54) is 4.90 Å². The number of hydrogen-bond donors (Lipinski definition) is 3. The molecule has 2 unspecified atom stereocenters. The zero-order valence-corrected chi connectivity index (χ0v) is 22.9. The monoisotopic (exact) mass is 526 g/mol. The Balaban J connectivity index is 2.42. The first-order valence-electron chi connectivity index (χ1n) is 12.4. The fraction of sp³-hybridized carbons (Fsp3) is 0.429. The number of amides is 4. The Morgan fingerprint density at radius 2 is 1.61 bits per heavy atom. The molecule has 0 heterocycles. The van der Waals surface area contributed by atoms with Crippen molar-refractivity contribution in [1.82, 2.24) is 10.2 Å². The number of nitrogens with one attached hydrogen (secondary N) is 2. The Hall–Kier alpha value is -4.08. The highest BCUT2D eigenvalue weighted by Gasteiger charge is 2.35. The van der Waals surface area contributed by atoms with Gasteiger partial charge >= 0.3 is 6.09 Å². The molecule has 0 fully saturated rings. The lowest BCUT2D eigenvalue weighted by atomic mass is 10.0. The molecule has 2 aromatic carbocycles. The second-order valence-electron chi connectivity index (χ2n) is 9.86. The SMILES string of the molecule is CCN(C(=O)C(CCC(N)=O)NC(=O)OC(C)(C)C)C(C(=O)Nc1ccc(OC)cc1)c1ccc(C)cc1. The Labute approximate surface area is 223 Å². The number of primary amides is 1. The van der Waals surface area contributed by atoms with Crippen LogP contribution in [0.4, 0.5) is 10.5 Å². The van der Waals surface area contributed by atoms with E-state index in [9.17, 15) is 19.2 Å². The van der Waals surface area contributed by atoms with Gasteiger partial charge in [-0.15, -0.1) is 0 Å². The number of rotatable bonds is 11. The van der Waals surface area contributed by atoms with Crippen LogP contribution in [0, 0.1) is 6.92 Å². The molecular formula is C28H38N4O6. The van der Waals surface area contributed by atoms with Crippen molar-refractivity contribution in [2.24, 2.45) is 5.73 Å². The van der Waals surface area contributed by atoms with E-state index < -0.39 is 41.5 Å². The molecule has 0 aliphatic rings. The Bertz CT molecular complexity index is 1110. The number of likely N-dealkylation sites (N-methyl/N-ethyl adjacent to an activating group) is 1. The van der Waals surface area contributed by atoms with Gasteiger partial charge in [0.1, 0.15) is 23.4 Å². The van der Waals surface area contributed by atoms with Crippen molar-refractivity contribution in [3.63, 3.8) is 0 Å². The molecule has 0 radical (unpaired) electrons. The summed E-state index contributed by atoms with van der Waals surface area (Å²) in [7, 11) is 1.55. The third kappa shape index (κ3) is 9.10. The molecule has 0 aliphatic heterocycles. The molecule has 0 aliphatic carbocycles. The average Bonchev–Trinajstić information content (AvgIpc) is 2.84. The number of ether oxygens (including phenoxy) is 2. The second-order valence-corrected chi connectivity index (χ2v) is 9.86. The van der Waals surface area contributed by atoms with Gasteiger partial charge in [0.25, 0.3) is 5.91 Å². The summed E-state index contributed by atoms with van der Waals surface area (Å²) in [5.74, 6) is -0.978. The molecule has 2 aromatic rings. The summed E-state index contributed by atoms with van der Waals surface area (Å²) in [6.07, 6.45) is -1.01. The van der Waals surface area contributed by atoms with Crippen LogP contribution in [0.5, 0.6) is 5.75 Å². The normalized spacial score (nSPS) is 12.6. The summed E-state index contributed by atoms with van der Waals surface area (Å²) < 4.78 is 10.5. The maximum absolute atomic E-state index is 13.8. The van der Waals surface area contributed by atoms with Crippen molar-refractivity contribution in [1.29, 1.82) is 0 Å². The average molecular weight is 527 g/mol. The van der Waals surface area contributed by atoms with Crippen molar-refractivity contribution in [3.8, 4) is 5.75 Å². The third-order valence-corrected chi connectivity index (χ3v) is 5.60. The molecule has 4 amide bonds. The molecule has 0 bridgehead atoms. The minimum Gasteiger partial charge on any atom is -0.497 e. The van der Waals surface area contributed by atoms with E-state index in [-0.39, 0.29) is 19.4 Å². The van der Waals surface area contributed by atoms with Gasteiger partial charge in [-0.3, -0.25) is 14.4 Å². The summed E-state index contributed by atoms with van der Waals surface area (Å²) in [6, 6.07) is 11.9. The van der Waals surface area contributed by atoms with Gasteiger partial charge in [-0.2, -0.15) is 0 Å². The van der Waals surface area contributed by atoms with Gasteiger partial charge in [0.15, 0.2) is 0 Å². The highest BCUT2D eigenvalue weighted by molar-refractivity contribution is 5.99. The Morgan fingerprint density at radius 1 is 1.00 bits per heavy atom. The Morgan fingerprint density at radius 3 is 2.11 bits per heavy atom. The van der Waals surface area contributed by atoms with Crippen molar-refractivity contribution in [3.05, 3.63) is 59.7 Å². The molecule has 206 valence electrons. The molecule has 2 rings (SSSR count). The van der Waals surface area contributed by atoms with Crippen LogP contribution in [0.1, 0.15) is 57.7 Å². The molecule has 4 N–H and O–H groups in total. The minimum absolute atomic E-state index is 0.0510. The summed E-state index contributed by atoms with van der Waals surface area (Å²) in [4.78, 5) is 52.8. The van der Waals surface area contributed by atoms with E-state index in [0.29, 0.717) is 17.0 Å². The number of carbonyl (C=O) groups excluding carboxylic acids is 4. The summed E-state index contributed by atoms with van der Waals surface area (Å²) >= 11 is 0. The van der Waals surface area contributed by atoms with E-state index in [1.54, 1.807) is 71.2 Å². The van der Waals surface area contributed by atoms with Crippen LogP contribution in [0.25, 0.3) is 0 Å². The standard InChI is InChI=1S/C28H38N4O6/c1-7-32(26(35)22(16-17-23(29)33)31-27(36)38-28(3,4)5)24(19-10-8-18(2)9-11-19)25(34)30-20-12-14-21(37-6)15-13-20/h8-15,22,24H,7,16-17H2,1-6H3,(H2,29,33)(H,30,34)(H,31,36). The number of nitrogens with two attached hydrogens (primary N) is 1. The number of anilines is 1. The second kappa shape index (κ2) is 13.5. The van der Waals surface area contributed by atoms with Crippen molar-refractivity contribution < 1.29 is 28.7 Å². The van der Waals surface area contributed by atoms with Crippen LogP contribution in [-0.4, -0.2) is 54.0 Å². The molecule has 2 atom stereocenters. The van der Waals surface area contributed by atoms with Crippen LogP contribution in [0.2, 0.25) is 0 Å². The summed E-state index contributed by atoms with van der Waals surface area (Å²) in [6.45, 7) is 8.89. The lowest BCUT2D eigenvalue weighted by Crippen LogP contribution is -2.52. The van der Waals surface area contributed by atoms with Gasteiger partial charge in [0.2, 0.25) is 11.8 Å². The van der Waals surface area contributed by atoms with Crippen LogP contribution in [-0.2, 0) is 19.1 Å². The quantitative estimate of drug-likeness (QED) is 0.408. The predicted molar refractivity (Wildman–Crippen MR) is 145 cm³/mol. The van der Waals surface area contributed by atoms with Crippen molar-refractivity contribution in [2.45, 2.75) is 65.1 Å². The van der Waals surface area contributed by atoms with Gasteiger partial charge in [0.05, 0.1) is 7.11 Å². The highest BCUT2D eigenvalue weighted by atomic mass is 16.6. The molecular weight excluding hydrogens is 488 g/mol. The lowest BCUT2D eigenvalue weighted by Gasteiger charge is -2.33. The van der Waals surface area contributed by atoms with E-state index in [4.69, 9.17) is 15.2 Å². The number of benzene rings is 2. The molecule has 10 nitrogen and oxygen atoms in total. The number of nitrogens with zero attached hydrogens (tertiary/aromatic N) is 1. The van der Waals surface area contributed by atoms with Crippen molar-refractivity contribution >= 4 is 29.5 Å². The molecule has 10 heteroatoms. The van der Waals surface area contributed by atoms with Crippen molar-refractivity contribution in [2.75, 3.05) is 19.0 Å². The smallest absolute Gasteiger partial charge is 0.408 e. The maximum Gasteiger partial charge on any atom is 0.408 e. The summed E-state index contributed by atoms with van der Waals surface area (Å²) in [5, 5.41) is 5.42. The number of hydrogen-bond acceptors (Lipinski definition) is 6.